The van der Waals surface area contributed by atoms with Gasteiger partial charge in [0, 0.05) is 15.6 Å². The van der Waals surface area contributed by atoms with Gasteiger partial charge in [0.1, 0.15) is 6.61 Å². The van der Waals surface area contributed by atoms with E-state index in [2.05, 4.69) is 15.9 Å². The molecule has 168 valence electrons. The topological polar surface area (TPSA) is 46.6 Å². The number of benzene rings is 3. The molecule has 0 N–H and O–H groups in total. The Morgan fingerprint density at radius 3 is 2.39 bits per heavy atom. The normalized spacial score (nSPS) is 14.9. The maximum absolute atomic E-state index is 12.8. The lowest BCUT2D eigenvalue weighted by molar-refractivity contribution is -0.123. The lowest BCUT2D eigenvalue weighted by atomic mass is 10.2. The van der Waals surface area contributed by atoms with Gasteiger partial charge in [0.05, 0.1) is 20.9 Å². The number of carbonyl (C=O) groups excluding carboxylic acids is 2. The zero-order valence-electron chi connectivity index (χ0n) is 16.9. The van der Waals surface area contributed by atoms with Crippen LogP contribution in [-0.2, 0) is 17.9 Å². The molecule has 0 aliphatic carbocycles. The summed E-state index contributed by atoms with van der Waals surface area (Å²) in [6.07, 6.45) is 1.64. The predicted octanol–water partition coefficient (Wildman–Crippen LogP) is 8.22. The minimum absolute atomic E-state index is 0.179. The highest BCUT2D eigenvalue weighted by Gasteiger charge is 2.35. The average Bonchev–Trinajstić information content (AvgIpc) is 3.03. The molecule has 0 radical (unpaired) electrons. The first-order valence-corrected chi connectivity index (χ1v) is 12.4. The molecule has 1 heterocycles. The molecule has 3 aromatic rings. The molecule has 0 spiro atoms. The van der Waals surface area contributed by atoms with Crippen LogP contribution in [0.15, 0.2) is 70.0 Å². The van der Waals surface area contributed by atoms with Gasteiger partial charge in [-0.15, -0.1) is 0 Å². The fourth-order valence-electron chi connectivity index (χ4n) is 3.13. The van der Waals surface area contributed by atoms with E-state index in [4.69, 9.17) is 39.5 Å². The molecule has 1 saturated heterocycles. The van der Waals surface area contributed by atoms with Crippen LogP contribution in [0.3, 0.4) is 0 Å². The van der Waals surface area contributed by atoms with E-state index >= 15 is 0 Å². The van der Waals surface area contributed by atoms with Gasteiger partial charge < -0.3 is 4.74 Å². The second kappa shape index (κ2) is 10.5. The molecule has 1 fully saturated rings. The number of ether oxygens (including phenoxy) is 1. The molecule has 9 heteroatoms. The SMILES string of the molecule is O=C1S/C(=C/c2cc(Cl)c(OCc3ccccc3Cl)c(Br)c2)C(=O)N1Cc1ccc(Cl)cc1. The number of nitrogens with zero attached hydrogens (tertiary/aromatic N) is 1. The highest BCUT2D eigenvalue weighted by molar-refractivity contribution is 9.10. The van der Waals surface area contributed by atoms with E-state index in [1.54, 1.807) is 48.5 Å². The van der Waals surface area contributed by atoms with Crippen LogP contribution in [0.2, 0.25) is 15.1 Å². The number of thioether (sulfide) groups is 1. The Labute approximate surface area is 218 Å². The van der Waals surface area contributed by atoms with E-state index in [1.165, 1.54) is 4.90 Å². The van der Waals surface area contributed by atoms with E-state index in [9.17, 15) is 9.59 Å². The summed E-state index contributed by atoms with van der Waals surface area (Å²) in [7, 11) is 0. The Hall–Kier alpha value is -1.96. The van der Waals surface area contributed by atoms with Crippen molar-refractivity contribution in [2.75, 3.05) is 0 Å². The van der Waals surface area contributed by atoms with Crippen molar-refractivity contribution in [1.82, 2.24) is 4.90 Å². The summed E-state index contributed by atoms with van der Waals surface area (Å²) in [4.78, 5) is 26.8. The lowest BCUT2D eigenvalue weighted by Crippen LogP contribution is -2.27. The number of amides is 2. The largest absolute Gasteiger partial charge is 0.486 e. The van der Waals surface area contributed by atoms with E-state index in [-0.39, 0.29) is 24.3 Å². The van der Waals surface area contributed by atoms with Gasteiger partial charge >= 0.3 is 0 Å². The molecule has 3 aromatic carbocycles. The Morgan fingerprint density at radius 1 is 0.970 bits per heavy atom. The molecule has 0 aromatic heterocycles. The van der Waals surface area contributed by atoms with Crippen LogP contribution in [0.25, 0.3) is 6.08 Å². The van der Waals surface area contributed by atoms with E-state index in [1.807, 2.05) is 18.2 Å². The highest BCUT2D eigenvalue weighted by atomic mass is 79.9. The fourth-order valence-corrected chi connectivity index (χ4v) is 5.27. The van der Waals surface area contributed by atoms with Gasteiger partial charge in [-0.25, -0.2) is 0 Å². The number of hydrogen-bond acceptors (Lipinski definition) is 4. The summed E-state index contributed by atoms with van der Waals surface area (Å²) in [5.41, 5.74) is 2.31. The number of imide groups is 1. The third kappa shape index (κ3) is 5.76. The van der Waals surface area contributed by atoms with Crippen molar-refractivity contribution in [3.05, 3.63) is 102 Å². The summed E-state index contributed by atoms with van der Waals surface area (Å²) in [6.45, 7) is 0.430. The standard InChI is InChI=1S/C24H15BrCl3NO3S/c25-18-9-15(10-20(28)22(18)32-13-16-3-1-2-4-19(16)27)11-21-23(30)29(24(31)33-21)12-14-5-7-17(26)8-6-14/h1-11H,12-13H2/b21-11+. The third-order valence-corrected chi connectivity index (χ3v) is 7.17. The molecule has 4 nitrogen and oxygen atoms in total. The van der Waals surface area contributed by atoms with Crippen LogP contribution in [0.5, 0.6) is 5.75 Å². The maximum Gasteiger partial charge on any atom is 0.293 e. The first-order valence-electron chi connectivity index (χ1n) is 9.67. The van der Waals surface area contributed by atoms with Gasteiger partial charge in [0.2, 0.25) is 0 Å². The first-order chi connectivity index (χ1) is 15.8. The first kappa shape index (κ1) is 24.2. The Bertz CT molecular complexity index is 1240. The molecular weight excluding hydrogens is 569 g/mol. The number of carbonyl (C=O) groups is 2. The van der Waals surface area contributed by atoms with Crippen LogP contribution >= 0.6 is 62.5 Å². The molecule has 4 rings (SSSR count). The molecule has 1 aliphatic heterocycles. The van der Waals surface area contributed by atoms with Gasteiger partial charge in [0.25, 0.3) is 11.1 Å². The molecule has 0 atom stereocenters. The van der Waals surface area contributed by atoms with E-state index in [0.717, 1.165) is 22.9 Å². The zero-order chi connectivity index (χ0) is 23.5. The van der Waals surface area contributed by atoms with Crippen molar-refractivity contribution in [2.24, 2.45) is 0 Å². The van der Waals surface area contributed by atoms with Crippen LogP contribution in [0.4, 0.5) is 4.79 Å². The minimum atomic E-state index is -0.355. The number of hydrogen-bond donors (Lipinski definition) is 0. The van der Waals surface area contributed by atoms with Crippen molar-refractivity contribution < 1.29 is 14.3 Å². The van der Waals surface area contributed by atoms with Gasteiger partial charge in [-0.2, -0.15) is 0 Å². The minimum Gasteiger partial charge on any atom is -0.486 e. The van der Waals surface area contributed by atoms with Crippen molar-refractivity contribution in [3.63, 3.8) is 0 Å². The van der Waals surface area contributed by atoms with Crippen molar-refractivity contribution in [3.8, 4) is 5.75 Å². The van der Waals surface area contributed by atoms with Crippen LogP contribution < -0.4 is 4.74 Å². The second-order valence-corrected chi connectivity index (χ2v) is 10.2. The zero-order valence-corrected chi connectivity index (χ0v) is 21.5. The smallest absolute Gasteiger partial charge is 0.293 e. The van der Waals surface area contributed by atoms with Crippen LogP contribution in [-0.4, -0.2) is 16.0 Å². The summed E-state index contributed by atoms with van der Waals surface area (Å²) >= 11 is 22.9. The lowest BCUT2D eigenvalue weighted by Gasteiger charge is -2.13. The van der Waals surface area contributed by atoms with Crippen LogP contribution in [0.1, 0.15) is 16.7 Å². The molecular formula is C24H15BrCl3NO3S. The summed E-state index contributed by atoms with van der Waals surface area (Å²) < 4.78 is 6.48. The molecule has 2 amide bonds. The second-order valence-electron chi connectivity index (χ2n) is 7.09. The van der Waals surface area contributed by atoms with Crippen molar-refractivity contribution in [2.45, 2.75) is 13.2 Å². The predicted molar refractivity (Wildman–Crippen MR) is 138 cm³/mol. The van der Waals surface area contributed by atoms with Gasteiger partial charge in [-0.3, -0.25) is 14.5 Å². The van der Waals surface area contributed by atoms with Gasteiger partial charge in [-0.1, -0.05) is 65.1 Å². The Balaban J connectivity index is 1.50. The summed E-state index contributed by atoms with van der Waals surface area (Å²) in [6, 6.07) is 17.9. The van der Waals surface area contributed by atoms with Crippen molar-refractivity contribution in [1.29, 1.82) is 0 Å². The summed E-state index contributed by atoms with van der Waals surface area (Å²) in [5.74, 6) is 0.107. The summed E-state index contributed by atoms with van der Waals surface area (Å²) in [5, 5.41) is 1.24. The number of halogens is 4. The van der Waals surface area contributed by atoms with Crippen molar-refractivity contribution >= 4 is 79.7 Å². The van der Waals surface area contributed by atoms with Gasteiger partial charge in [0.15, 0.2) is 5.75 Å². The van der Waals surface area contributed by atoms with Crippen LogP contribution in [0, 0.1) is 0 Å². The monoisotopic (exact) mass is 581 g/mol. The molecule has 33 heavy (non-hydrogen) atoms. The third-order valence-electron chi connectivity index (χ3n) is 4.78. The fraction of sp³-hybridized carbons (Fsp3) is 0.0833. The van der Waals surface area contributed by atoms with E-state index in [0.29, 0.717) is 35.8 Å². The van der Waals surface area contributed by atoms with E-state index < -0.39 is 0 Å². The maximum atomic E-state index is 12.8. The number of rotatable bonds is 6. The quantitative estimate of drug-likeness (QED) is 0.274. The highest BCUT2D eigenvalue weighted by Crippen LogP contribution is 2.38. The van der Waals surface area contributed by atoms with Gasteiger partial charge in [-0.05, 0) is 75.2 Å². The molecule has 0 unspecified atom stereocenters. The Morgan fingerprint density at radius 2 is 1.70 bits per heavy atom. The molecule has 1 aliphatic rings. The molecule has 0 bridgehead atoms. The average molecular weight is 584 g/mol. The molecule has 0 saturated carbocycles. The Kier molecular flexibility index (Phi) is 7.72.